The van der Waals surface area contributed by atoms with Crippen LogP contribution in [0.15, 0.2) is 0 Å². The van der Waals surface area contributed by atoms with E-state index in [4.69, 9.17) is 18.0 Å². The van der Waals surface area contributed by atoms with Gasteiger partial charge in [0.25, 0.3) is 0 Å². The van der Waals surface area contributed by atoms with Crippen molar-refractivity contribution < 1.29 is 13.2 Å². The van der Waals surface area contributed by atoms with Crippen molar-refractivity contribution in [3.05, 3.63) is 0 Å². The molecule has 2 N–H and O–H groups in total. The van der Waals surface area contributed by atoms with Gasteiger partial charge in [0.2, 0.25) is 5.91 Å². The Morgan fingerprint density at radius 1 is 1.44 bits per heavy atom. The predicted octanol–water partition coefficient (Wildman–Crippen LogP) is -0.200. The summed E-state index contributed by atoms with van der Waals surface area (Å²) >= 11 is 4.78. The van der Waals surface area contributed by atoms with E-state index in [-0.39, 0.29) is 5.92 Å². The topological polar surface area (TPSA) is 80.5 Å². The zero-order valence-electron chi connectivity index (χ0n) is 9.93. The highest BCUT2D eigenvalue weighted by atomic mass is 32.2. The predicted molar refractivity (Wildman–Crippen MR) is 67.9 cm³/mol. The Bertz CT molecular complexity index is 378. The van der Waals surface area contributed by atoms with E-state index in [2.05, 4.69) is 0 Å². The molecular formula is C9H18N2O3S2. The Hall–Kier alpha value is -0.690. The summed E-state index contributed by atoms with van der Waals surface area (Å²) in [5, 5.41) is -1.03. The second-order valence-corrected chi connectivity index (χ2v) is 6.83. The van der Waals surface area contributed by atoms with E-state index in [0.29, 0.717) is 11.5 Å². The van der Waals surface area contributed by atoms with E-state index >= 15 is 0 Å². The normalized spacial score (nSPS) is 15.2. The van der Waals surface area contributed by atoms with E-state index in [1.54, 1.807) is 14.0 Å². The van der Waals surface area contributed by atoms with Crippen molar-refractivity contribution in [3.8, 4) is 0 Å². The molecule has 1 amide bonds. The fourth-order valence-corrected chi connectivity index (χ4v) is 1.70. The van der Waals surface area contributed by atoms with Crippen LogP contribution in [0.4, 0.5) is 0 Å². The maximum absolute atomic E-state index is 11.7. The summed E-state index contributed by atoms with van der Waals surface area (Å²) in [7, 11) is -1.82. The van der Waals surface area contributed by atoms with Crippen LogP contribution >= 0.6 is 12.2 Å². The standard InChI is InChI=1S/C9H18N2O3S2/c1-6(8(10)15)5-11(3)9(12)7(2)16(4,13)14/h6-7H,5H2,1-4H3,(H2,10,15). The van der Waals surface area contributed by atoms with Crippen molar-refractivity contribution in [1.82, 2.24) is 4.90 Å². The van der Waals surface area contributed by atoms with Gasteiger partial charge in [-0.25, -0.2) is 8.42 Å². The molecule has 5 nitrogen and oxygen atoms in total. The fraction of sp³-hybridized carbons (Fsp3) is 0.778. The summed E-state index contributed by atoms with van der Waals surface area (Å²) in [6.07, 6.45) is 1.04. The molecule has 0 aromatic heterocycles. The summed E-state index contributed by atoms with van der Waals surface area (Å²) in [6.45, 7) is 3.49. The van der Waals surface area contributed by atoms with Crippen LogP contribution in [0.5, 0.6) is 0 Å². The number of hydrogen-bond donors (Lipinski definition) is 1. The van der Waals surface area contributed by atoms with Crippen molar-refractivity contribution in [3.63, 3.8) is 0 Å². The molecule has 0 bridgehead atoms. The van der Waals surface area contributed by atoms with Crippen LogP contribution in [0, 0.1) is 5.92 Å². The molecule has 2 atom stereocenters. The lowest BCUT2D eigenvalue weighted by Gasteiger charge is -2.23. The molecule has 16 heavy (non-hydrogen) atoms. The first-order valence-electron chi connectivity index (χ1n) is 4.80. The lowest BCUT2D eigenvalue weighted by atomic mass is 10.1. The number of hydrogen-bond acceptors (Lipinski definition) is 4. The summed E-state index contributed by atoms with van der Waals surface area (Å²) in [6, 6.07) is 0. The smallest absolute Gasteiger partial charge is 0.240 e. The fourth-order valence-electron chi connectivity index (χ4n) is 1.08. The molecule has 0 rings (SSSR count). The molecule has 0 fully saturated rings. The van der Waals surface area contributed by atoms with Crippen LogP contribution in [-0.2, 0) is 14.6 Å². The van der Waals surface area contributed by atoms with Gasteiger partial charge >= 0.3 is 0 Å². The number of carbonyl (C=O) groups is 1. The number of nitrogens with two attached hydrogens (primary N) is 1. The molecule has 0 aromatic carbocycles. The second-order valence-electron chi connectivity index (χ2n) is 3.99. The molecule has 0 aliphatic carbocycles. The number of rotatable bonds is 5. The number of nitrogens with zero attached hydrogens (tertiary/aromatic N) is 1. The molecule has 0 aliphatic rings. The van der Waals surface area contributed by atoms with E-state index in [0.717, 1.165) is 6.26 Å². The Kier molecular flexibility index (Phi) is 5.34. The van der Waals surface area contributed by atoms with E-state index in [9.17, 15) is 13.2 Å². The molecule has 94 valence electrons. The highest BCUT2D eigenvalue weighted by Gasteiger charge is 2.27. The maximum atomic E-state index is 11.7. The van der Waals surface area contributed by atoms with Crippen molar-refractivity contribution in [2.24, 2.45) is 11.7 Å². The van der Waals surface area contributed by atoms with Gasteiger partial charge in [0.1, 0.15) is 5.25 Å². The lowest BCUT2D eigenvalue weighted by molar-refractivity contribution is -0.129. The third kappa shape index (κ3) is 4.44. The van der Waals surface area contributed by atoms with Crippen LogP contribution < -0.4 is 5.73 Å². The van der Waals surface area contributed by atoms with Crippen LogP contribution in [0.1, 0.15) is 13.8 Å². The minimum absolute atomic E-state index is 0.129. The van der Waals surface area contributed by atoms with Crippen LogP contribution in [0.3, 0.4) is 0 Å². The summed E-state index contributed by atoms with van der Waals surface area (Å²) in [4.78, 5) is 13.4. The molecule has 0 spiro atoms. The average molecular weight is 266 g/mol. The third-order valence-corrected chi connectivity index (χ3v) is 4.29. The van der Waals surface area contributed by atoms with Gasteiger partial charge in [0, 0.05) is 25.8 Å². The largest absolute Gasteiger partial charge is 0.393 e. The zero-order chi connectivity index (χ0) is 13.1. The van der Waals surface area contributed by atoms with Gasteiger partial charge in [0.05, 0.1) is 4.99 Å². The van der Waals surface area contributed by atoms with E-state index in [1.807, 2.05) is 0 Å². The summed E-state index contributed by atoms with van der Waals surface area (Å²) < 4.78 is 22.4. The Labute approximate surface area is 102 Å². The Morgan fingerprint density at radius 2 is 1.88 bits per heavy atom. The van der Waals surface area contributed by atoms with Crippen molar-refractivity contribution in [2.45, 2.75) is 19.1 Å². The molecular weight excluding hydrogens is 248 g/mol. The minimum Gasteiger partial charge on any atom is -0.393 e. The van der Waals surface area contributed by atoms with E-state index in [1.165, 1.54) is 11.8 Å². The van der Waals surface area contributed by atoms with Crippen LogP contribution in [0.2, 0.25) is 0 Å². The SMILES string of the molecule is CC(CN(C)C(=O)C(C)S(C)(=O)=O)C(N)=S. The van der Waals surface area contributed by atoms with Crippen LogP contribution in [0.25, 0.3) is 0 Å². The van der Waals surface area contributed by atoms with Gasteiger partial charge < -0.3 is 10.6 Å². The quantitative estimate of drug-likeness (QED) is 0.697. The Balaban J connectivity index is 4.58. The first-order valence-corrected chi connectivity index (χ1v) is 7.16. The first-order chi connectivity index (χ1) is 7.07. The van der Waals surface area contributed by atoms with Gasteiger partial charge in [-0.1, -0.05) is 19.1 Å². The maximum Gasteiger partial charge on any atom is 0.240 e. The average Bonchev–Trinajstić information content (AvgIpc) is 2.13. The summed E-state index contributed by atoms with van der Waals surface area (Å²) in [5.74, 6) is -0.568. The van der Waals surface area contributed by atoms with Crippen molar-refractivity contribution >= 4 is 33.0 Å². The molecule has 0 heterocycles. The number of thiocarbonyl (C=S) groups is 1. The molecule has 7 heteroatoms. The third-order valence-electron chi connectivity index (χ3n) is 2.40. The van der Waals surface area contributed by atoms with Crippen molar-refractivity contribution in [1.29, 1.82) is 0 Å². The number of carbonyl (C=O) groups excluding carboxylic acids is 1. The summed E-state index contributed by atoms with van der Waals surface area (Å²) in [5.41, 5.74) is 5.42. The van der Waals surface area contributed by atoms with Gasteiger partial charge in [-0.15, -0.1) is 0 Å². The molecule has 0 saturated heterocycles. The molecule has 2 unspecified atom stereocenters. The highest BCUT2D eigenvalue weighted by Crippen LogP contribution is 2.05. The molecule has 0 radical (unpaired) electrons. The van der Waals surface area contributed by atoms with Gasteiger partial charge in [0.15, 0.2) is 9.84 Å². The molecule has 0 aliphatic heterocycles. The molecule has 0 aromatic rings. The number of amides is 1. The minimum atomic E-state index is -3.36. The van der Waals surface area contributed by atoms with Gasteiger partial charge in [-0.2, -0.15) is 0 Å². The van der Waals surface area contributed by atoms with Gasteiger partial charge in [-0.3, -0.25) is 4.79 Å². The van der Waals surface area contributed by atoms with Crippen molar-refractivity contribution in [2.75, 3.05) is 19.8 Å². The highest BCUT2D eigenvalue weighted by molar-refractivity contribution is 7.92. The molecule has 0 saturated carbocycles. The zero-order valence-corrected chi connectivity index (χ0v) is 11.6. The Morgan fingerprint density at radius 3 is 2.19 bits per heavy atom. The second kappa shape index (κ2) is 5.58. The first kappa shape index (κ1) is 15.3. The monoisotopic (exact) mass is 266 g/mol. The number of sulfone groups is 1. The van der Waals surface area contributed by atoms with E-state index < -0.39 is 21.0 Å². The lowest BCUT2D eigenvalue weighted by Crippen LogP contribution is -2.42. The van der Waals surface area contributed by atoms with Crippen LogP contribution in [-0.4, -0.2) is 49.3 Å². The van der Waals surface area contributed by atoms with Gasteiger partial charge in [-0.05, 0) is 6.92 Å².